The minimum absolute atomic E-state index is 0.0827. The molecule has 1 rings (SSSR count). The first-order valence-electron chi connectivity index (χ1n) is 4.67. The molecule has 0 aliphatic carbocycles. The predicted octanol–water partition coefficient (Wildman–Crippen LogP) is 3.57. The molecule has 0 aliphatic rings. The lowest BCUT2D eigenvalue weighted by molar-refractivity contribution is 0.712. The van der Waals surface area contributed by atoms with E-state index < -0.39 is 0 Å². The second-order valence-corrected chi connectivity index (χ2v) is 4.82. The molecule has 0 fully saturated rings. The lowest BCUT2D eigenvalue weighted by Crippen LogP contribution is -2.12. The fraction of sp³-hybridized carbons (Fsp3) is 0.333. The first kappa shape index (κ1) is 11.7. The predicted molar refractivity (Wildman–Crippen MR) is 70.3 cm³/mol. The smallest absolute Gasteiger partial charge is 0.0342 e. The monoisotopic (exact) mass is 301 g/mol. The Morgan fingerprint density at radius 2 is 2.21 bits per heavy atom. The SMILES string of the molecule is C=C(C)CC(N)c1cccc(C)c1I. The lowest BCUT2D eigenvalue weighted by Gasteiger charge is -2.15. The van der Waals surface area contributed by atoms with Crippen LogP contribution in [0.15, 0.2) is 30.4 Å². The molecule has 1 aromatic rings. The van der Waals surface area contributed by atoms with E-state index in [1.807, 2.05) is 6.92 Å². The van der Waals surface area contributed by atoms with Gasteiger partial charge in [-0.25, -0.2) is 0 Å². The van der Waals surface area contributed by atoms with Gasteiger partial charge in [0.1, 0.15) is 0 Å². The maximum absolute atomic E-state index is 6.10. The number of rotatable bonds is 3. The van der Waals surface area contributed by atoms with Crippen molar-refractivity contribution in [3.05, 3.63) is 45.0 Å². The molecule has 76 valence electrons. The van der Waals surface area contributed by atoms with Crippen molar-refractivity contribution in [1.29, 1.82) is 0 Å². The van der Waals surface area contributed by atoms with Crippen molar-refractivity contribution in [2.45, 2.75) is 26.3 Å². The fourth-order valence-electron chi connectivity index (χ4n) is 1.44. The summed E-state index contributed by atoms with van der Waals surface area (Å²) >= 11 is 2.36. The molecule has 2 N–H and O–H groups in total. The Bertz CT molecular complexity index is 344. The van der Waals surface area contributed by atoms with Crippen LogP contribution in [0.3, 0.4) is 0 Å². The van der Waals surface area contributed by atoms with E-state index in [4.69, 9.17) is 5.73 Å². The third kappa shape index (κ3) is 2.82. The van der Waals surface area contributed by atoms with Crippen molar-refractivity contribution >= 4 is 22.6 Å². The van der Waals surface area contributed by atoms with Crippen molar-refractivity contribution in [2.75, 3.05) is 0 Å². The molecule has 1 atom stereocenters. The molecule has 0 saturated heterocycles. The highest BCUT2D eigenvalue weighted by atomic mass is 127. The zero-order valence-electron chi connectivity index (χ0n) is 8.68. The largest absolute Gasteiger partial charge is 0.324 e. The van der Waals surface area contributed by atoms with E-state index >= 15 is 0 Å². The molecule has 0 heterocycles. The van der Waals surface area contributed by atoms with Crippen LogP contribution in [0, 0.1) is 10.5 Å². The third-order valence-electron chi connectivity index (χ3n) is 2.19. The molecule has 0 spiro atoms. The minimum atomic E-state index is 0.0827. The van der Waals surface area contributed by atoms with E-state index in [2.05, 4.69) is 54.3 Å². The maximum Gasteiger partial charge on any atom is 0.0342 e. The molecule has 0 aliphatic heterocycles. The van der Waals surface area contributed by atoms with Gasteiger partial charge in [-0.15, -0.1) is 6.58 Å². The molecule has 14 heavy (non-hydrogen) atoms. The van der Waals surface area contributed by atoms with Crippen LogP contribution in [0.2, 0.25) is 0 Å². The molecule has 1 aromatic carbocycles. The molecule has 2 heteroatoms. The molecule has 1 nitrogen and oxygen atoms in total. The zero-order valence-corrected chi connectivity index (χ0v) is 10.8. The van der Waals surface area contributed by atoms with Gasteiger partial charge < -0.3 is 5.73 Å². The van der Waals surface area contributed by atoms with Crippen molar-refractivity contribution in [2.24, 2.45) is 5.73 Å². The topological polar surface area (TPSA) is 26.0 Å². The average Bonchev–Trinajstić information content (AvgIpc) is 2.08. The van der Waals surface area contributed by atoms with E-state index in [0.29, 0.717) is 0 Å². The molecular formula is C12H16IN. The van der Waals surface area contributed by atoms with Gasteiger partial charge in [0.15, 0.2) is 0 Å². The van der Waals surface area contributed by atoms with Crippen LogP contribution in [0.1, 0.15) is 30.5 Å². The number of halogens is 1. The highest BCUT2D eigenvalue weighted by Gasteiger charge is 2.10. The molecule has 0 amide bonds. The van der Waals surface area contributed by atoms with Gasteiger partial charge in [0.05, 0.1) is 0 Å². The van der Waals surface area contributed by atoms with Gasteiger partial charge in [0.2, 0.25) is 0 Å². The molecule has 0 radical (unpaired) electrons. The Morgan fingerprint density at radius 3 is 2.79 bits per heavy atom. The summed E-state index contributed by atoms with van der Waals surface area (Å²) in [7, 11) is 0. The maximum atomic E-state index is 6.10. The number of nitrogens with two attached hydrogens (primary N) is 1. The van der Waals surface area contributed by atoms with Crippen LogP contribution in [0.25, 0.3) is 0 Å². The van der Waals surface area contributed by atoms with Crippen LogP contribution < -0.4 is 5.73 Å². The van der Waals surface area contributed by atoms with E-state index in [-0.39, 0.29) is 6.04 Å². The summed E-state index contributed by atoms with van der Waals surface area (Å²) < 4.78 is 1.28. The molecule has 0 bridgehead atoms. The highest BCUT2D eigenvalue weighted by Crippen LogP contribution is 2.25. The summed E-state index contributed by atoms with van der Waals surface area (Å²) in [4.78, 5) is 0. The lowest BCUT2D eigenvalue weighted by atomic mass is 10.00. The normalized spacial score (nSPS) is 12.6. The number of hydrogen-bond acceptors (Lipinski definition) is 1. The van der Waals surface area contributed by atoms with Crippen LogP contribution in [0.5, 0.6) is 0 Å². The Kier molecular flexibility index (Phi) is 4.13. The number of benzene rings is 1. The van der Waals surface area contributed by atoms with Crippen molar-refractivity contribution in [1.82, 2.24) is 0 Å². The van der Waals surface area contributed by atoms with Gasteiger partial charge in [-0.05, 0) is 54.0 Å². The van der Waals surface area contributed by atoms with Gasteiger partial charge in [-0.1, -0.05) is 23.8 Å². The quantitative estimate of drug-likeness (QED) is 0.670. The van der Waals surface area contributed by atoms with Gasteiger partial charge in [-0.3, -0.25) is 0 Å². The summed E-state index contributed by atoms with van der Waals surface area (Å²) in [6.07, 6.45) is 0.861. The van der Waals surface area contributed by atoms with Crippen molar-refractivity contribution in [3.8, 4) is 0 Å². The molecular weight excluding hydrogens is 285 g/mol. The van der Waals surface area contributed by atoms with E-state index in [1.54, 1.807) is 0 Å². The summed E-state index contributed by atoms with van der Waals surface area (Å²) in [5.74, 6) is 0. The fourth-order valence-corrected chi connectivity index (χ4v) is 2.20. The first-order chi connectivity index (χ1) is 6.52. The van der Waals surface area contributed by atoms with Gasteiger partial charge in [0.25, 0.3) is 0 Å². The van der Waals surface area contributed by atoms with Crippen LogP contribution >= 0.6 is 22.6 Å². The zero-order chi connectivity index (χ0) is 10.7. The van der Waals surface area contributed by atoms with E-state index in [0.717, 1.165) is 12.0 Å². The highest BCUT2D eigenvalue weighted by molar-refractivity contribution is 14.1. The second kappa shape index (κ2) is 4.94. The Hall–Kier alpha value is -0.350. The average molecular weight is 301 g/mol. The number of hydrogen-bond donors (Lipinski definition) is 1. The summed E-state index contributed by atoms with van der Waals surface area (Å²) in [5, 5.41) is 0. The Labute approximate surface area is 99.5 Å². The van der Waals surface area contributed by atoms with E-state index in [9.17, 15) is 0 Å². The van der Waals surface area contributed by atoms with E-state index in [1.165, 1.54) is 14.7 Å². The Balaban J connectivity index is 2.95. The van der Waals surface area contributed by atoms with Gasteiger partial charge >= 0.3 is 0 Å². The second-order valence-electron chi connectivity index (χ2n) is 3.75. The molecule has 1 unspecified atom stereocenters. The Morgan fingerprint density at radius 1 is 1.57 bits per heavy atom. The van der Waals surface area contributed by atoms with Crippen molar-refractivity contribution < 1.29 is 0 Å². The molecule has 0 saturated carbocycles. The van der Waals surface area contributed by atoms with Crippen LogP contribution in [0.4, 0.5) is 0 Å². The first-order valence-corrected chi connectivity index (χ1v) is 5.75. The van der Waals surface area contributed by atoms with Crippen LogP contribution in [-0.4, -0.2) is 0 Å². The third-order valence-corrected chi connectivity index (χ3v) is 3.66. The molecule has 0 aromatic heterocycles. The summed E-state index contributed by atoms with van der Waals surface area (Å²) in [5.41, 5.74) is 9.76. The standard InChI is InChI=1S/C12H16IN/c1-8(2)7-11(14)10-6-4-5-9(3)12(10)13/h4-6,11H,1,7,14H2,2-3H3. The number of aryl methyl sites for hydroxylation is 1. The summed E-state index contributed by atoms with van der Waals surface area (Å²) in [6.45, 7) is 8.02. The summed E-state index contributed by atoms with van der Waals surface area (Å²) in [6, 6.07) is 6.35. The van der Waals surface area contributed by atoms with Crippen LogP contribution in [-0.2, 0) is 0 Å². The van der Waals surface area contributed by atoms with Gasteiger partial charge in [-0.2, -0.15) is 0 Å². The van der Waals surface area contributed by atoms with Gasteiger partial charge in [0, 0.05) is 9.61 Å². The van der Waals surface area contributed by atoms with Crippen molar-refractivity contribution in [3.63, 3.8) is 0 Å². The minimum Gasteiger partial charge on any atom is -0.324 e.